The first kappa shape index (κ1) is 22.6. The van der Waals surface area contributed by atoms with Crippen LogP contribution in [0.25, 0.3) is 0 Å². The Hall–Kier alpha value is -3.06. The number of nitrogens with zero attached hydrogens (tertiary/aromatic N) is 2. The summed E-state index contributed by atoms with van der Waals surface area (Å²) < 4.78 is 10.3. The highest BCUT2D eigenvalue weighted by molar-refractivity contribution is 6.04. The van der Waals surface area contributed by atoms with Crippen molar-refractivity contribution in [3.63, 3.8) is 0 Å². The first-order chi connectivity index (χ1) is 15.0. The molecule has 1 saturated heterocycles. The molecule has 1 heterocycles. The largest absolute Gasteiger partial charge is 0.482 e. The van der Waals surface area contributed by atoms with Crippen molar-refractivity contribution >= 4 is 23.3 Å². The Labute approximate surface area is 183 Å². The van der Waals surface area contributed by atoms with Gasteiger partial charge in [0, 0.05) is 55.2 Å². The highest BCUT2D eigenvalue weighted by Gasteiger charge is 2.19. The van der Waals surface area contributed by atoms with E-state index in [1.807, 2.05) is 24.3 Å². The summed E-state index contributed by atoms with van der Waals surface area (Å²) in [5.41, 5.74) is 2.32. The number of carbonyl (C=O) groups is 2. The molecule has 2 aromatic rings. The SMILES string of the molecule is CCOC(=O)COc1cccc(NC(=O)c2ccc(N3CCN(C(C)C)CC3)cc2)c1. The minimum absolute atomic E-state index is 0.169. The lowest BCUT2D eigenvalue weighted by Crippen LogP contribution is -2.48. The predicted octanol–water partition coefficient (Wildman–Crippen LogP) is 3.41. The summed E-state index contributed by atoms with van der Waals surface area (Å²) in [6, 6.07) is 15.2. The minimum Gasteiger partial charge on any atom is -0.482 e. The van der Waals surface area contributed by atoms with Crippen molar-refractivity contribution in [1.29, 1.82) is 0 Å². The van der Waals surface area contributed by atoms with E-state index in [0.717, 1.165) is 31.9 Å². The van der Waals surface area contributed by atoms with Gasteiger partial charge in [-0.15, -0.1) is 0 Å². The summed E-state index contributed by atoms with van der Waals surface area (Å²) in [5.74, 6) is -0.136. The molecular formula is C24H31N3O4. The van der Waals surface area contributed by atoms with Crippen LogP contribution >= 0.6 is 0 Å². The van der Waals surface area contributed by atoms with E-state index in [1.54, 1.807) is 31.2 Å². The Bertz CT molecular complexity index is 875. The molecule has 0 bridgehead atoms. The molecule has 0 aromatic heterocycles. The van der Waals surface area contributed by atoms with Crippen molar-refractivity contribution in [2.24, 2.45) is 0 Å². The number of benzene rings is 2. The molecule has 7 nitrogen and oxygen atoms in total. The van der Waals surface area contributed by atoms with Crippen molar-refractivity contribution in [2.45, 2.75) is 26.8 Å². The Morgan fingerprint density at radius 3 is 2.39 bits per heavy atom. The van der Waals surface area contributed by atoms with Gasteiger partial charge in [-0.2, -0.15) is 0 Å². The van der Waals surface area contributed by atoms with Gasteiger partial charge in [0.1, 0.15) is 5.75 Å². The molecule has 0 spiro atoms. The zero-order valence-electron chi connectivity index (χ0n) is 18.5. The minimum atomic E-state index is -0.428. The number of anilines is 2. The Morgan fingerprint density at radius 1 is 1.03 bits per heavy atom. The van der Waals surface area contributed by atoms with Gasteiger partial charge < -0.3 is 19.7 Å². The lowest BCUT2D eigenvalue weighted by Gasteiger charge is -2.38. The zero-order valence-corrected chi connectivity index (χ0v) is 18.5. The third-order valence-electron chi connectivity index (χ3n) is 5.29. The summed E-state index contributed by atoms with van der Waals surface area (Å²) in [5, 5.41) is 2.87. The van der Waals surface area contributed by atoms with E-state index in [4.69, 9.17) is 9.47 Å². The van der Waals surface area contributed by atoms with Crippen LogP contribution in [0.3, 0.4) is 0 Å². The number of rotatable bonds is 8. The van der Waals surface area contributed by atoms with Crippen LogP contribution in [0.1, 0.15) is 31.1 Å². The number of nitrogens with one attached hydrogen (secondary N) is 1. The van der Waals surface area contributed by atoms with Gasteiger partial charge in [0.15, 0.2) is 6.61 Å². The van der Waals surface area contributed by atoms with Crippen LogP contribution in [0.15, 0.2) is 48.5 Å². The molecule has 2 aromatic carbocycles. The number of amides is 1. The summed E-state index contributed by atoms with van der Waals surface area (Å²) in [7, 11) is 0. The molecule has 1 N–H and O–H groups in total. The fourth-order valence-corrected chi connectivity index (χ4v) is 3.53. The summed E-state index contributed by atoms with van der Waals surface area (Å²) >= 11 is 0. The summed E-state index contributed by atoms with van der Waals surface area (Å²) in [4.78, 5) is 28.9. The predicted molar refractivity (Wildman–Crippen MR) is 122 cm³/mol. The maximum atomic E-state index is 12.6. The monoisotopic (exact) mass is 425 g/mol. The second-order valence-electron chi connectivity index (χ2n) is 7.74. The molecule has 0 aliphatic carbocycles. The zero-order chi connectivity index (χ0) is 22.2. The highest BCUT2D eigenvalue weighted by Crippen LogP contribution is 2.21. The lowest BCUT2D eigenvalue weighted by molar-refractivity contribution is -0.145. The van der Waals surface area contributed by atoms with E-state index in [-0.39, 0.29) is 12.5 Å². The Kier molecular flexibility index (Phi) is 7.89. The average molecular weight is 426 g/mol. The number of hydrogen-bond acceptors (Lipinski definition) is 6. The highest BCUT2D eigenvalue weighted by atomic mass is 16.6. The number of piperazine rings is 1. The van der Waals surface area contributed by atoms with Gasteiger partial charge in [0.25, 0.3) is 5.91 Å². The van der Waals surface area contributed by atoms with E-state index in [1.165, 1.54) is 0 Å². The molecule has 0 unspecified atom stereocenters. The molecule has 0 saturated carbocycles. The van der Waals surface area contributed by atoms with Gasteiger partial charge in [-0.3, -0.25) is 9.69 Å². The van der Waals surface area contributed by atoms with Crippen LogP contribution in [0, 0.1) is 0 Å². The fourth-order valence-electron chi connectivity index (χ4n) is 3.53. The van der Waals surface area contributed by atoms with Crippen molar-refractivity contribution in [2.75, 3.05) is 49.6 Å². The second kappa shape index (κ2) is 10.8. The second-order valence-corrected chi connectivity index (χ2v) is 7.74. The smallest absolute Gasteiger partial charge is 0.344 e. The van der Waals surface area contributed by atoms with Crippen LogP contribution in [-0.4, -0.2) is 62.2 Å². The number of ether oxygens (including phenoxy) is 2. The van der Waals surface area contributed by atoms with Gasteiger partial charge in [-0.25, -0.2) is 4.79 Å². The molecule has 31 heavy (non-hydrogen) atoms. The third kappa shape index (κ3) is 6.46. The van der Waals surface area contributed by atoms with E-state index in [9.17, 15) is 9.59 Å². The topological polar surface area (TPSA) is 71.1 Å². The van der Waals surface area contributed by atoms with Crippen molar-refractivity contribution in [3.05, 3.63) is 54.1 Å². The number of esters is 1. The Balaban J connectivity index is 1.55. The van der Waals surface area contributed by atoms with Crippen LogP contribution in [0.4, 0.5) is 11.4 Å². The van der Waals surface area contributed by atoms with Crippen LogP contribution in [0.5, 0.6) is 5.75 Å². The van der Waals surface area contributed by atoms with Gasteiger partial charge >= 0.3 is 5.97 Å². The summed E-state index contributed by atoms with van der Waals surface area (Å²) in [6.07, 6.45) is 0. The maximum absolute atomic E-state index is 12.6. The number of hydrogen-bond donors (Lipinski definition) is 1. The van der Waals surface area contributed by atoms with Crippen LogP contribution in [-0.2, 0) is 9.53 Å². The molecule has 3 rings (SSSR count). The maximum Gasteiger partial charge on any atom is 0.344 e. The molecule has 1 fully saturated rings. The molecule has 7 heteroatoms. The molecule has 1 amide bonds. The lowest BCUT2D eigenvalue weighted by atomic mass is 10.1. The molecule has 1 aliphatic heterocycles. The average Bonchev–Trinajstić information content (AvgIpc) is 2.78. The molecular weight excluding hydrogens is 394 g/mol. The van der Waals surface area contributed by atoms with Crippen molar-refractivity contribution in [3.8, 4) is 5.75 Å². The quantitative estimate of drug-likeness (QED) is 0.654. The normalized spacial score (nSPS) is 14.4. The Morgan fingerprint density at radius 2 is 1.74 bits per heavy atom. The van der Waals surface area contributed by atoms with Gasteiger partial charge in [0.05, 0.1) is 6.61 Å². The molecule has 1 aliphatic rings. The van der Waals surface area contributed by atoms with Crippen molar-refractivity contribution < 1.29 is 19.1 Å². The van der Waals surface area contributed by atoms with Gasteiger partial charge in [-0.1, -0.05) is 6.07 Å². The molecule has 0 radical (unpaired) electrons. The van der Waals surface area contributed by atoms with Crippen LogP contribution in [0.2, 0.25) is 0 Å². The van der Waals surface area contributed by atoms with Gasteiger partial charge in [0.2, 0.25) is 0 Å². The van der Waals surface area contributed by atoms with Gasteiger partial charge in [-0.05, 0) is 57.2 Å². The van der Waals surface area contributed by atoms with E-state index >= 15 is 0 Å². The van der Waals surface area contributed by atoms with E-state index in [2.05, 4.69) is 29.0 Å². The van der Waals surface area contributed by atoms with E-state index in [0.29, 0.717) is 29.6 Å². The van der Waals surface area contributed by atoms with Crippen molar-refractivity contribution in [1.82, 2.24) is 4.90 Å². The third-order valence-corrected chi connectivity index (χ3v) is 5.29. The standard InChI is InChI=1S/C24H31N3O4/c1-4-30-23(28)17-31-22-7-5-6-20(16-22)25-24(29)19-8-10-21(11-9-19)27-14-12-26(13-15-27)18(2)3/h5-11,16,18H,4,12-15,17H2,1-3H3,(H,25,29). The van der Waals surface area contributed by atoms with E-state index < -0.39 is 5.97 Å². The number of carbonyl (C=O) groups excluding carboxylic acids is 2. The fraction of sp³-hybridized carbons (Fsp3) is 0.417. The van der Waals surface area contributed by atoms with Crippen LogP contribution < -0.4 is 15.0 Å². The first-order valence-corrected chi connectivity index (χ1v) is 10.7. The summed E-state index contributed by atoms with van der Waals surface area (Å²) in [6.45, 7) is 10.4. The first-order valence-electron chi connectivity index (χ1n) is 10.7. The molecule has 166 valence electrons. The molecule has 0 atom stereocenters.